The molecule has 1 fully saturated rings. The molecule has 0 saturated heterocycles. The lowest BCUT2D eigenvalue weighted by atomic mass is 10.0. The fourth-order valence-electron chi connectivity index (χ4n) is 4.38. The normalized spacial score (nSPS) is 17.5. The summed E-state index contributed by atoms with van der Waals surface area (Å²) in [6.07, 6.45) is 7.47. The van der Waals surface area contributed by atoms with Gasteiger partial charge in [0.2, 0.25) is 0 Å². The van der Waals surface area contributed by atoms with Crippen LogP contribution in [0.3, 0.4) is 0 Å². The van der Waals surface area contributed by atoms with Crippen LogP contribution in [0.25, 0.3) is 16.6 Å². The monoisotopic (exact) mass is 475 g/mol. The highest BCUT2D eigenvalue weighted by Crippen LogP contribution is 2.47. The van der Waals surface area contributed by atoms with Gasteiger partial charge in [-0.3, -0.25) is 9.20 Å². The summed E-state index contributed by atoms with van der Waals surface area (Å²) in [6, 6.07) is 8.30. The number of nitrogens with zero attached hydrogens (tertiary/aromatic N) is 4. The lowest BCUT2D eigenvalue weighted by molar-refractivity contribution is 0.0704. The Morgan fingerprint density at radius 2 is 2.06 bits per heavy atom. The number of anilines is 1. The van der Waals surface area contributed by atoms with Gasteiger partial charge in [-0.15, -0.1) is 0 Å². The molecule has 1 aliphatic heterocycles. The Kier molecular flexibility index (Phi) is 5.62. The minimum atomic E-state index is -0.649. The van der Waals surface area contributed by atoms with Crippen LogP contribution in [0.15, 0.2) is 42.9 Å². The molecular formula is C27H30FN5O2. The van der Waals surface area contributed by atoms with Gasteiger partial charge in [-0.25, -0.2) is 14.4 Å². The van der Waals surface area contributed by atoms with Crippen LogP contribution in [0.4, 0.5) is 10.2 Å². The first-order chi connectivity index (χ1) is 16.7. The molecule has 0 radical (unpaired) electrons. The second-order valence-corrected chi connectivity index (χ2v) is 9.92. The second kappa shape index (κ2) is 8.52. The molecule has 1 unspecified atom stereocenters. The van der Waals surface area contributed by atoms with E-state index in [4.69, 9.17) is 10.5 Å². The van der Waals surface area contributed by atoms with Crippen molar-refractivity contribution in [3.05, 3.63) is 65.4 Å². The van der Waals surface area contributed by atoms with Gasteiger partial charge in [-0.1, -0.05) is 32.4 Å². The lowest BCUT2D eigenvalue weighted by Crippen LogP contribution is -2.32. The van der Waals surface area contributed by atoms with Crippen LogP contribution in [-0.4, -0.2) is 38.8 Å². The highest BCUT2D eigenvalue weighted by molar-refractivity contribution is 5.98. The lowest BCUT2D eigenvalue weighted by Gasteiger charge is -2.24. The number of nitrogens with two attached hydrogens (primary N) is 1. The number of hydrogen-bond donors (Lipinski definition) is 1. The zero-order chi connectivity index (χ0) is 24.9. The van der Waals surface area contributed by atoms with Crippen molar-refractivity contribution in [1.82, 2.24) is 19.3 Å². The molecule has 35 heavy (non-hydrogen) atoms. The van der Waals surface area contributed by atoms with Gasteiger partial charge < -0.3 is 15.4 Å². The van der Waals surface area contributed by atoms with Crippen molar-refractivity contribution in [1.29, 1.82) is 0 Å². The van der Waals surface area contributed by atoms with Gasteiger partial charge in [-0.05, 0) is 42.9 Å². The summed E-state index contributed by atoms with van der Waals surface area (Å²) in [7, 11) is 1.66. The number of aryl methyl sites for hydroxylation is 1. The molecule has 2 aromatic heterocycles. The molecule has 6 rings (SSSR count). The third kappa shape index (κ3) is 4.17. The fourth-order valence-corrected chi connectivity index (χ4v) is 4.38. The zero-order valence-corrected chi connectivity index (χ0v) is 20.5. The molecule has 3 heterocycles. The summed E-state index contributed by atoms with van der Waals surface area (Å²) < 4.78 is 22.3. The molecule has 2 N–H and O–H groups in total. The molecule has 4 aromatic rings. The van der Waals surface area contributed by atoms with Crippen molar-refractivity contribution in [2.45, 2.75) is 46.1 Å². The first kappa shape index (κ1) is 23.1. The van der Waals surface area contributed by atoms with E-state index in [-0.39, 0.29) is 17.4 Å². The summed E-state index contributed by atoms with van der Waals surface area (Å²) in [4.78, 5) is 23.0. The molecule has 7 nitrogen and oxygen atoms in total. The third-order valence-electron chi connectivity index (χ3n) is 7.37. The molecule has 1 saturated carbocycles. The number of amides is 1. The number of likely N-dealkylation sites (N-methyl/N-ethyl adjacent to an activating group) is 1. The van der Waals surface area contributed by atoms with E-state index in [1.807, 2.05) is 25.1 Å². The van der Waals surface area contributed by atoms with Crippen molar-refractivity contribution in [3.63, 3.8) is 0 Å². The number of carbonyl (C=O) groups is 1. The maximum absolute atomic E-state index is 14.8. The number of hydrogen-bond acceptors (Lipinski definition) is 5. The topological polar surface area (TPSA) is 85.8 Å². The van der Waals surface area contributed by atoms with Gasteiger partial charge >= 0.3 is 0 Å². The van der Waals surface area contributed by atoms with Gasteiger partial charge in [0.1, 0.15) is 29.5 Å². The number of imidazole rings is 1. The number of fused-ring (bicyclic) bond motifs is 4. The zero-order valence-electron chi connectivity index (χ0n) is 20.5. The molecule has 0 spiro atoms. The van der Waals surface area contributed by atoms with Crippen LogP contribution < -0.4 is 10.5 Å². The van der Waals surface area contributed by atoms with Gasteiger partial charge in [0.05, 0.1) is 35.2 Å². The third-order valence-corrected chi connectivity index (χ3v) is 7.37. The van der Waals surface area contributed by atoms with E-state index in [9.17, 15) is 9.18 Å². The van der Waals surface area contributed by atoms with Gasteiger partial charge in [-0.2, -0.15) is 0 Å². The first-order valence-electron chi connectivity index (χ1n) is 11.9. The van der Waals surface area contributed by atoms with E-state index in [1.165, 1.54) is 36.3 Å². The number of carbonyl (C=O) groups excluding carboxylic acids is 1. The highest BCUT2D eigenvalue weighted by Gasteiger charge is 2.34. The van der Waals surface area contributed by atoms with Crippen LogP contribution in [0.5, 0.6) is 5.75 Å². The standard InChI is InChI=1S/C21H18FN5O2.C6H12/c1-11-3-4-12-18(9-29-19(12)5-11)26(2)21(28)13-6-16-15(7-14(13)22)25-20(23)17-8-24-10-27(16)17;1-3-6(2)4-5-6/h3-8,10,18H,9H2,1-2H3,(H2,23,25);3-5H2,1-2H3. The van der Waals surface area contributed by atoms with Gasteiger partial charge in [0.15, 0.2) is 0 Å². The molecular weight excluding hydrogens is 445 g/mol. The summed E-state index contributed by atoms with van der Waals surface area (Å²) in [5.74, 6) is -0.0747. The quantitative estimate of drug-likeness (QED) is 0.434. The first-order valence-corrected chi connectivity index (χ1v) is 11.9. The average molecular weight is 476 g/mol. The van der Waals surface area contributed by atoms with E-state index in [1.54, 1.807) is 24.0 Å². The molecule has 182 valence electrons. The number of halogens is 1. The van der Waals surface area contributed by atoms with Crippen molar-refractivity contribution >= 4 is 28.3 Å². The predicted octanol–water partition coefficient (Wildman–Crippen LogP) is 5.31. The number of aromatic nitrogens is 3. The number of benzene rings is 2. The molecule has 0 bridgehead atoms. The van der Waals surface area contributed by atoms with Crippen LogP contribution in [0, 0.1) is 18.2 Å². The van der Waals surface area contributed by atoms with Crippen LogP contribution in [0.2, 0.25) is 0 Å². The van der Waals surface area contributed by atoms with Crippen molar-refractivity contribution in [2.75, 3.05) is 19.4 Å². The molecule has 2 aliphatic rings. The Morgan fingerprint density at radius 1 is 1.29 bits per heavy atom. The summed E-state index contributed by atoms with van der Waals surface area (Å²) in [6.45, 7) is 6.94. The SMILES string of the molecule is CCC1(C)CC1.Cc1ccc2c(c1)OCC2N(C)C(=O)c1cc2c(cc1F)nc(N)c1cncn12. The number of rotatable bonds is 3. The minimum Gasteiger partial charge on any atom is -0.491 e. The van der Waals surface area contributed by atoms with E-state index >= 15 is 0 Å². The Morgan fingerprint density at radius 3 is 2.74 bits per heavy atom. The number of nitrogen functional groups attached to an aromatic ring is 1. The van der Waals surface area contributed by atoms with Gasteiger partial charge in [0.25, 0.3) is 5.91 Å². The van der Waals surface area contributed by atoms with E-state index < -0.39 is 11.7 Å². The van der Waals surface area contributed by atoms with Crippen LogP contribution >= 0.6 is 0 Å². The minimum absolute atomic E-state index is 0.0397. The van der Waals surface area contributed by atoms with Crippen molar-refractivity contribution in [3.8, 4) is 5.75 Å². The molecule has 1 atom stereocenters. The van der Waals surface area contributed by atoms with Gasteiger partial charge in [0, 0.05) is 18.7 Å². The Labute approximate surface area is 203 Å². The van der Waals surface area contributed by atoms with E-state index in [0.717, 1.165) is 22.3 Å². The fraction of sp³-hybridized carbons (Fsp3) is 0.370. The predicted molar refractivity (Wildman–Crippen MR) is 134 cm³/mol. The maximum atomic E-state index is 14.8. The molecule has 1 aliphatic carbocycles. The largest absolute Gasteiger partial charge is 0.491 e. The number of ether oxygens (including phenoxy) is 1. The summed E-state index contributed by atoms with van der Waals surface area (Å²) >= 11 is 0. The smallest absolute Gasteiger partial charge is 0.257 e. The maximum Gasteiger partial charge on any atom is 0.257 e. The molecule has 8 heteroatoms. The van der Waals surface area contributed by atoms with Crippen molar-refractivity contribution < 1.29 is 13.9 Å². The summed E-state index contributed by atoms with van der Waals surface area (Å²) in [5, 5.41) is 0. The Balaban J connectivity index is 0.000000371. The van der Waals surface area contributed by atoms with Crippen molar-refractivity contribution in [2.24, 2.45) is 5.41 Å². The van der Waals surface area contributed by atoms with Crippen LogP contribution in [-0.2, 0) is 0 Å². The molecule has 1 amide bonds. The highest BCUT2D eigenvalue weighted by atomic mass is 19.1. The molecule has 2 aromatic carbocycles. The van der Waals surface area contributed by atoms with E-state index in [2.05, 4.69) is 23.8 Å². The summed E-state index contributed by atoms with van der Waals surface area (Å²) in [5.41, 5.74) is 10.2. The Hall–Kier alpha value is -3.68. The van der Waals surface area contributed by atoms with Crippen LogP contribution in [0.1, 0.15) is 60.6 Å². The Bertz CT molecular complexity index is 1440. The average Bonchev–Trinajstić information content (AvgIpc) is 3.22. The second-order valence-electron chi connectivity index (χ2n) is 9.92. The van der Waals surface area contributed by atoms with E-state index in [0.29, 0.717) is 23.2 Å².